The first-order chi connectivity index (χ1) is 9.63. The topological polar surface area (TPSA) is 3.88 Å². The smallest absolute Gasteiger partial charge is 0.187 e. The predicted molar refractivity (Wildman–Crippen MR) is 82.9 cm³/mol. The van der Waals surface area contributed by atoms with E-state index >= 15 is 0 Å². The zero-order valence-corrected chi connectivity index (χ0v) is 12.2. The van der Waals surface area contributed by atoms with Crippen LogP contribution in [0, 0.1) is 20.8 Å². The fraction of sp³-hybridized carbons (Fsp3) is 0.211. The zero-order chi connectivity index (χ0) is 13.9. The number of rotatable bonds is 0. The van der Waals surface area contributed by atoms with Gasteiger partial charge in [0.25, 0.3) is 0 Å². The van der Waals surface area contributed by atoms with E-state index in [1.54, 1.807) is 0 Å². The highest BCUT2D eigenvalue weighted by atomic mass is 15.0. The molecule has 0 saturated carbocycles. The molecule has 2 aromatic carbocycles. The summed E-state index contributed by atoms with van der Waals surface area (Å²) in [6, 6.07) is 15.8. The molecule has 0 N–H and O–H groups in total. The van der Waals surface area contributed by atoms with Crippen LogP contribution in [0.4, 0.5) is 0 Å². The van der Waals surface area contributed by atoms with E-state index < -0.39 is 0 Å². The van der Waals surface area contributed by atoms with E-state index in [-0.39, 0.29) is 0 Å². The molecule has 1 nitrogen and oxygen atoms in total. The molecule has 0 fully saturated rings. The van der Waals surface area contributed by atoms with Gasteiger partial charge >= 0.3 is 0 Å². The summed E-state index contributed by atoms with van der Waals surface area (Å²) in [5.41, 5.74) is 9.65. The first-order valence-electron chi connectivity index (χ1n) is 7.17. The van der Waals surface area contributed by atoms with Gasteiger partial charge in [-0.2, -0.15) is 4.57 Å². The summed E-state index contributed by atoms with van der Waals surface area (Å²) < 4.78 is 2.46. The molecule has 0 spiro atoms. The molecule has 1 aromatic heterocycles. The third-order valence-corrected chi connectivity index (χ3v) is 4.40. The minimum atomic E-state index is 0.998. The van der Waals surface area contributed by atoms with E-state index in [0.29, 0.717) is 0 Å². The highest BCUT2D eigenvalue weighted by Crippen LogP contribution is 2.32. The van der Waals surface area contributed by atoms with Crippen LogP contribution in [0.1, 0.15) is 22.3 Å². The van der Waals surface area contributed by atoms with Crippen LogP contribution in [-0.2, 0) is 6.54 Å². The summed E-state index contributed by atoms with van der Waals surface area (Å²) in [6.45, 7) is 7.57. The summed E-state index contributed by atoms with van der Waals surface area (Å²) in [5.74, 6) is 0. The largest absolute Gasteiger partial charge is 0.213 e. The van der Waals surface area contributed by atoms with Crippen molar-refractivity contribution in [2.24, 2.45) is 0 Å². The van der Waals surface area contributed by atoms with E-state index in [0.717, 1.165) is 6.54 Å². The molecule has 0 bridgehead atoms. The summed E-state index contributed by atoms with van der Waals surface area (Å²) in [5, 5.41) is 1.32. The van der Waals surface area contributed by atoms with Gasteiger partial charge in [0.15, 0.2) is 6.54 Å². The lowest BCUT2D eigenvalue weighted by molar-refractivity contribution is -0.645. The SMILES string of the molecule is Cc1cc(C)c2c(c1)-c1ccc3ccc(C)cc3[n+]1C2. The molecule has 0 amide bonds. The van der Waals surface area contributed by atoms with Crippen LogP contribution in [0.25, 0.3) is 22.2 Å². The van der Waals surface area contributed by atoms with Crippen molar-refractivity contribution < 1.29 is 4.57 Å². The molecular weight excluding hydrogens is 242 g/mol. The van der Waals surface area contributed by atoms with Gasteiger partial charge in [-0.1, -0.05) is 12.1 Å². The van der Waals surface area contributed by atoms with Crippen molar-refractivity contribution in [1.82, 2.24) is 0 Å². The molecule has 98 valence electrons. The highest BCUT2D eigenvalue weighted by Gasteiger charge is 2.29. The first kappa shape index (κ1) is 11.7. The second-order valence-corrected chi connectivity index (χ2v) is 5.97. The summed E-state index contributed by atoms with van der Waals surface area (Å²) in [4.78, 5) is 0. The Morgan fingerprint density at radius 2 is 1.65 bits per heavy atom. The van der Waals surface area contributed by atoms with Gasteiger partial charge in [-0.3, -0.25) is 0 Å². The molecule has 20 heavy (non-hydrogen) atoms. The minimum absolute atomic E-state index is 0.998. The summed E-state index contributed by atoms with van der Waals surface area (Å²) >= 11 is 0. The number of nitrogens with zero attached hydrogens (tertiary/aromatic N) is 1. The lowest BCUT2D eigenvalue weighted by atomic mass is 9.99. The molecule has 0 aliphatic carbocycles. The second-order valence-electron chi connectivity index (χ2n) is 5.97. The Balaban J connectivity index is 2.08. The van der Waals surface area contributed by atoms with Gasteiger partial charge in [0.2, 0.25) is 11.2 Å². The quantitative estimate of drug-likeness (QED) is 0.419. The van der Waals surface area contributed by atoms with Crippen molar-refractivity contribution in [2.75, 3.05) is 0 Å². The van der Waals surface area contributed by atoms with Gasteiger partial charge < -0.3 is 0 Å². The molecular formula is C19H18N+. The van der Waals surface area contributed by atoms with Crippen molar-refractivity contribution >= 4 is 10.9 Å². The molecule has 2 heterocycles. The van der Waals surface area contributed by atoms with E-state index in [2.05, 4.69) is 67.8 Å². The predicted octanol–water partition coefficient (Wildman–Crippen LogP) is 4.08. The highest BCUT2D eigenvalue weighted by molar-refractivity contribution is 5.80. The molecule has 3 aromatic rings. The fourth-order valence-corrected chi connectivity index (χ4v) is 3.42. The molecule has 4 rings (SSSR count). The minimum Gasteiger partial charge on any atom is -0.187 e. The number of aromatic nitrogens is 1. The molecule has 1 heteroatoms. The van der Waals surface area contributed by atoms with Gasteiger partial charge in [0.1, 0.15) is 0 Å². The van der Waals surface area contributed by atoms with Crippen LogP contribution >= 0.6 is 0 Å². The third-order valence-electron chi connectivity index (χ3n) is 4.40. The number of aryl methyl sites for hydroxylation is 3. The fourth-order valence-electron chi connectivity index (χ4n) is 3.42. The number of hydrogen-bond acceptors (Lipinski definition) is 0. The summed E-state index contributed by atoms with van der Waals surface area (Å²) in [6.07, 6.45) is 0. The maximum atomic E-state index is 2.46. The van der Waals surface area contributed by atoms with Crippen molar-refractivity contribution in [3.8, 4) is 11.3 Å². The maximum Gasteiger partial charge on any atom is 0.213 e. The molecule has 0 unspecified atom stereocenters. The Morgan fingerprint density at radius 1 is 0.850 bits per heavy atom. The van der Waals surface area contributed by atoms with Gasteiger partial charge in [0, 0.05) is 23.1 Å². The standard InChI is InChI=1S/C19H18N/c1-12-4-5-15-6-7-18-16-9-13(2)8-14(3)17(16)11-20(18)19(15)10-12/h4-10H,11H2,1-3H3/q+1. The summed E-state index contributed by atoms with van der Waals surface area (Å²) in [7, 11) is 0. The van der Waals surface area contributed by atoms with Gasteiger partial charge in [-0.25, -0.2) is 0 Å². The number of hydrogen-bond donors (Lipinski definition) is 0. The number of benzene rings is 2. The van der Waals surface area contributed by atoms with Gasteiger partial charge in [0.05, 0.1) is 5.56 Å². The Labute approximate surface area is 119 Å². The van der Waals surface area contributed by atoms with Gasteiger partial charge in [-0.15, -0.1) is 0 Å². The normalized spacial score (nSPS) is 12.6. The third kappa shape index (κ3) is 1.53. The van der Waals surface area contributed by atoms with Crippen LogP contribution in [0.3, 0.4) is 0 Å². The van der Waals surface area contributed by atoms with Crippen molar-refractivity contribution in [2.45, 2.75) is 27.3 Å². The van der Waals surface area contributed by atoms with E-state index in [1.807, 2.05) is 0 Å². The Morgan fingerprint density at radius 3 is 2.50 bits per heavy atom. The van der Waals surface area contributed by atoms with Crippen molar-refractivity contribution in [3.05, 3.63) is 64.7 Å². The monoisotopic (exact) mass is 260 g/mol. The first-order valence-corrected chi connectivity index (χ1v) is 7.17. The number of pyridine rings is 1. The second kappa shape index (κ2) is 3.92. The molecule has 1 aliphatic rings. The molecule has 1 aliphatic heterocycles. The van der Waals surface area contributed by atoms with E-state index in [1.165, 1.54) is 44.4 Å². The zero-order valence-electron chi connectivity index (χ0n) is 12.2. The lowest BCUT2D eigenvalue weighted by Gasteiger charge is -2.01. The molecule has 0 saturated heterocycles. The van der Waals surface area contributed by atoms with Crippen LogP contribution in [-0.4, -0.2) is 0 Å². The Hall–Kier alpha value is -2.15. The molecule has 0 radical (unpaired) electrons. The maximum absolute atomic E-state index is 2.46. The van der Waals surface area contributed by atoms with Crippen molar-refractivity contribution in [3.63, 3.8) is 0 Å². The Bertz CT molecular complexity index is 859. The average molecular weight is 260 g/mol. The van der Waals surface area contributed by atoms with Crippen LogP contribution in [0.15, 0.2) is 42.5 Å². The lowest BCUT2D eigenvalue weighted by Crippen LogP contribution is -2.33. The van der Waals surface area contributed by atoms with Gasteiger partial charge in [-0.05, 0) is 55.7 Å². The van der Waals surface area contributed by atoms with Crippen LogP contribution < -0.4 is 4.57 Å². The van der Waals surface area contributed by atoms with Crippen molar-refractivity contribution in [1.29, 1.82) is 0 Å². The van der Waals surface area contributed by atoms with E-state index in [9.17, 15) is 0 Å². The average Bonchev–Trinajstić information content (AvgIpc) is 2.78. The van der Waals surface area contributed by atoms with E-state index in [4.69, 9.17) is 0 Å². The Kier molecular flexibility index (Phi) is 2.29. The number of fused-ring (bicyclic) bond motifs is 5. The van der Waals surface area contributed by atoms with Crippen LogP contribution in [0.2, 0.25) is 0 Å². The van der Waals surface area contributed by atoms with Crippen LogP contribution in [0.5, 0.6) is 0 Å². The molecule has 0 atom stereocenters.